The molecule has 18 heavy (non-hydrogen) atoms. The van der Waals surface area contributed by atoms with Crippen LogP contribution in [0.1, 0.15) is 65.2 Å². The first kappa shape index (κ1) is 13.9. The number of hydrogen-bond donors (Lipinski definition) is 0. The molecule has 0 aromatic heterocycles. The SMILES string of the molecule is CC1(C)CCCN(C2CCCCCC2C#N)CC1. The normalized spacial score (nSPS) is 34.3. The highest BCUT2D eigenvalue weighted by Crippen LogP contribution is 2.34. The van der Waals surface area contributed by atoms with Gasteiger partial charge in [-0.05, 0) is 50.6 Å². The number of rotatable bonds is 1. The molecule has 0 aromatic carbocycles. The summed E-state index contributed by atoms with van der Waals surface area (Å²) in [6, 6.07) is 3.14. The summed E-state index contributed by atoms with van der Waals surface area (Å²) in [6.07, 6.45) is 10.2. The van der Waals surface area contributed by atoms with Gasteiger partial charge in [0.05, 0.1) is 12.0 Å². The molecule has 0 N–H and O–H groups in total. The van der Waals surface area contributed by atoms with Crippen molar-refractivity contribution >= 4 is 0 Å². The first-order valence-corrected chi connectivity index (χ1v) is 7.76. The highest BCUT2D eigenvalue weighted by Gasteiger charge is 2.31. The van der Waals surface area contributed by atoms with E-state index in [2.05, 4.69) is 24.8 Å². The first-order valence-electron chi connectivity index (χ1n) is 7.76. The van der Waals surface area contributed by atoms with E-state index in [-0.39, 0.29) is 5.92 Å². The van der Waals surface area contributed by atoms with Gasteiger partial charge in [-0.3, -0.25) is 4.90 Å². The first-order chi connectivity index (χ1) is 8.62. The van der Waals surface area contributed by atoms with Crippen molar-refractivity contribution in [2.24, 2.45) is 11.3 Å². The van der Waals surface area contributed by atoms with E-state index in [1.165, 1.54) is 58.0 Å². The molecule has 2 unspecified atom stereocenters. The molecule has 1 heterocycles. The Kier molecular flexibility index (Phi) is 4.67. The average molecular weight is 248 g/mol. The Balaban J connectivity index is 2.02. The third-order valence-corrected chi connectivity index (χ3v) is 4.99. The van der Waals surface area contributed by atoms with Crippen LogP contribution in [0.2, 0.25) is 0 Å². The van der Waals surface area contributed by atoms with E-state index < -0.39 is 0 Å². The Bertz CT molecular complexity index is 303. The summed E-state index contributed by atoms with van der Waals surface area (Å²) < 4.78 is 0. The Hall–Kier alpha value is -0.550. The summed E-state index contributed by atoms with van der Waals surface area (Å²) in [5.74, 6) is 0.286. The molecule has 2 rings (SSSR count). The highest BCUT2D eigenvalue weighted by molar-refractivity contribution is 4.95. The van der Waals surface area contributed by atoms with Crippen LogP contribution < -0.4 is 0 Å². The van der Waals surface area contributed by atoms with Crippen LogP contribution in [0.15, 0.2) is 0 Å². The van der Waals surface area contributed by atoms with E-state index in [4.69, 9.17) is 0 Å². The van der Waals surface area contributed by atoms with Gasteiger partial charge in [-0.2, -0.15) is 5.26 Å². The predicted molar refractivity (Wildman–Crippen MR) is 75.2 cm³/mol. The zero-order valence-electron chi connectivity index (χ0n) is 12.1. The lowest BCUT2D eigenvalue weighted by molar-refractivity contribution is 0.154. The molecule has 2 atom stereocenters. The van der Waals surface area contributed by atoms with E-state index in [9.17, 15) is 5.26 Å². The second-order valence-electron chi connectivity index (χ2n) is 6.99. The molecule has 2 fully saturated rings. The van der Waals surface area contributed by atoms with Crippen molar-refractivity contribution in [2.75, 3.05) is 13.1 Å². The Morgan fingerprint density at radius 1 is 1.00 bits per heavy atom. The fourth-order valence-electron chi connectivity index (χ4n) is 3.65. The lowest BCUT2D eigenvalue weighted by atomic mass is 9.85. The minimum absolute atomic E-state index is 0.286. The third-order valence-electron chi connectivity index (χ3n) is 4.99. The number of nitriles is 1. The number of likely N-dealkylation sites (tertiary alicyclic amines) is 1. The Labute approximate surface area is 112 Å². The summed E-state index contributed by atoms with van der Waals surface area (Å²) in [6.45, 7) is 7.21. The van der Waals surface area contributed by atoms with Gasteiger partial charge in [0.25, 0.3) is 0 Å². The topological polar surface area (TPSA) is 27.0 Å². The molecule has 2 aliphatic rings. The standard InChI is InChI=1S/C16H28N2/c1-16(2)9-6-11-18(12-10-16)15-8-5-3-4-7-14(15)13-17/h14-15H,3-12H2,1-2H3. The van der Waals surface area contributed by atoms with Crippen LogP contribution in [-0.2, 0) is 0 Å². The molecule has 0 radical (unpaired) electrons. The third kappa shape index (κ3) is 3.48. The maximum Gasteiger partial charge on any atom is 0.0672 e. The van der Waals surface area contributed by atoms with E-state index in [1.54, 1.807) is 0 Å². The fraction of sp³-hybridized carbons (Fsp3) is 0.938. The average Bonchev–Trinajstić information content (AvgIpc) is 2.66. The molecule has 0 amide bonds. The minimum atomic E-state index is 0.286. The van der Waals surface area contributed by atoms with Crippen molar-refractivity contribution in [2.45, 2.75) is 71.3 Å². The van der Waals surface area contributed by atoms with Gasteiger partial charge in [-0.25, -0.2) is 0 Å². The van der Waals surface area contributed by atoms with E-state index in [0.29, 0.717) is 11.5 Å². The van der Waals surface area contributed by atoms with Gasteiger partial charge in [-0.1, -0.05) is 33.1 Å². The molecule has 1 saturated heterocycles. The molecule has 1 aliphatic heterocycles. The second kappa shape index (κ2) is 6.06. The number of hydrogen-bond acceptors (Lipinski definition) is 2. The van der Waals surface area contributed by atoms with Gasteiger partial charge in [0.15, 0.2) is 0 Å². The molecule has 1 aliphatic carbocycles. The van der Waals surface area contributed by atoms with Crippen molar-refractivity contribution in [3.05, 3.63) is 0 Å². The van der Waals surface area contributed by atoms with Gasteiger partial charge in [-0.15, -0.1) is 0 Å². The molecule has 1 saturated carbocycles. The van der Waals surface area contributed by atoms with Gasteiger partial charge < -0.3 is 0 Å². The zero-order chi connectivity index (χ0) is 13.0. The van der Waals surface area contributed by atoms with Crippen molar-refractivity contribution < 1.29 is 0 Å². The minimum Gasteiger partial charge on any atom is -0.299 e. The molecule has 0 spiro atoms. The van der Waals surface area contributed by atoms with Crippen LogP contribution in [0, 0.1) is 22.7 Å². The van der Waals surface area contributed by atoms with E-state index >= 15 is 0 Å². The van der Waals surface area contributed by atoms with Crippen molar-refractivity contribution in [3.63, 3.8) is 0 Å². The van der Waals surface area contributed by atoms with Crippen LogP contribution in [-0.4, -0.2) is 24.0 Å². The summed E-state index contributed by atoms with van der Waals surface area (Å²) in [7, 11) is 0. The fourth-order valence-corrected chi connectivity index (χ4v) is 3.65. The van der Waals surface area contributed by atoms with Crippen molar-refractivity contribution in [1.82, 2.24) is 4.90 Å². The van der Waals surface area contributed by atoms with Gasteiger partial charge in [0.1, 0.15) is 0 Å². The van der Waals surface area contributed by atoms with Crippen molar-refractivity contribution in [3.8, 4) is 6.07 Å². The molecule has 0 aromatic rings. The Morgan fingerprint density at radius 3 is 2.56 bits per heavy atom. The second-order valence-corrected chi connectivity index (χ2v) is 6.99. The maximum atomic E-state index is 9.41. The largest absolute Gasteiger partial charge is 0.299 e. The molecule has 2 heteroatoms. The predicted octanol–water partition coefficient (Wildman–Crippen LogP) is 3.97. The van der Waals surface area contributed by atoms with Gasteiger partial charge in [0.2, 0.25) is 0 Å². The van der Waals surface area contributed by atoms with Crippen LogP contribution in [0.5, 0.6) is 0 Å². The highest BCUT2D eigenvalue weighted by atomic mass is 15.2. The summed E-state index contributed by atoms with van der Waals surface area (Å²) in [5, 5.41) is 9.41. The summed E-state index contributed by atoms with van der Waals surface area (Å²) in [4.78, 5) is 2.65. The molecule has 2 nitrogen and oxygen atoms in total. The monoisotopic (exact) mass is 248 g/mol. The van der Waals surface area contributed by atoms with E-state index in [0.717, 1.165) is 6.42 Å². The van der Waals surface area contributed by atoms with Crippen LogP contribution >= 0.6 is 0 Å². The van der Waals surface area contributed by atoms with Crippen LogP contribution in [0.4, 0.5) is 0 Å². The summed E-state index contributed by atoms with van der Waals surface area (Å²) >= 11 is 0. The molecule has 0 bridgehead atoms. The maximum absolute atomic E-state index is 9.41. The van der Waals surface area contributed by atoms with Crippen molar-refractivity contribution in [1.29, 1.82) is 5.26 Å². The Morgan fingerprint density at radius 2 is 1.78 bits per heavy atom. The molecular weight excluding hydrogens is 220 g/mol. The zero-order valence-corrected chi connectivity index (χ0v) is 12.1. The summed E-state index contributed by atoms with van der Waals surface area (Å²) in [5.41, 5.74) is 0.502. The molecule has 102 valence electrons. The van der Waals surface area contributed by atoms with Crippen LogP contribution in [0.25, 0.3) is 0 Å². The lowest BCUT2D eigenvalue weighted by Gasteiger charge is -2.33. The van der Waals surface area contributed by atoms with Gasteiger partial charge in [0, 0.05) is 6.04 Å². The lowest BCUT2D eigenvalue weighted by Crippen LogP contribution is -2.40. The quantitative estimate of drug-likeness (QED) is 0.656. The van der Waals surface area contributed by atoms with Gasteiger partial charge >= 0.3 is 0 Å². The van der Waals surface area contributed by atoms with E-state index in [1.807, 2.05) is 0 Å². The molecular formula is C16H28N2. The smallest absolute Gasteiger partial charge is 0.0672 e. The van der Waals surface area contributed by atoms with Crippen LogP contribution in [0.3, 0.4) is 0 Å². The number of nitrogens with zero attached hydrogens (tertiary/aromatic N) is 2.